The molecule has 1 N–H and O–H groups in total. The second-order valence-electron chi connectivity index (χ2n) is 3.62. The maximum atomic E-state index is 9.97. The van der Waals surface area contributed by atoms with Gasteiger partial charge in [-0.25, -0.2) is 0 Å². The molecule has 0 saturated heterocycles. The molecule has 0 heterocycles. The zero-order valence-corrected chi connectivity index (χ0v) is 8.35. The standard InChI is InChI=1S/C10H22O/c1-5-8-10(4,11)9(6-2)7-3/h9,11H,5-8H2,1-4H3. The van der Waals surface area contributed by atoms with Crippen LogP contribution < -0.4 is 0 Å². The van der Waals surface area contributed by atoms with Crippen LogP contribution in [-0.4, -0.2) is 10.7 Å². The molecular formula is C10H22O. The van der Waals surface area contributed by atoms with Gasteiger partial charge in [-0.1, -0.05) is 40.0 Å². The first kappa shape index (κ1) is 11.0. The van der Waals surface area contributed by atoms with E-state index in [0.717, 1.165) is 25.7 Å². The third kappa shape index (κ3) is 3.24. The minimum Gasteiger partial charge on any atom is -0.390 e. The molecule has 0 aromatic carbocycles. The highest BCUT2D eigenvalue weighted by Crippen LogP contribution is 2.27. The van der Waals surface area contributed by atoms with Crippen LogP contribution in [0.15, 0.2) is 0 Å². The number of aliphatic hydroxyl groups is 1. The van der Waals surface area contributed by atoms with Crippen LogP contribution in [0.4, 0.5) is 0 Å². The first-order chi connectivity index (χ1) is 5.08. The molecule has 0 bridgehead atoms. The molecule has 0 rings (SSSR count). The molecular weight excluding hydrogens is 136 g/mol. The molecule has 0 aromatic heterocycles. The fourth-order valence-electron chi connectivity index (χ4n) is 1.88. The molecule has 1 nitrogen and oxygen atoms in total. The normalized spacial score (nSPS) is 16.9. The van der Waals surface area contributed by atoms with Crippen LogP contribution in [0.25, 0.3) is 0 Å². The predicted octanol–water partition coefficient (Wildman–Crippen LogP) is 2.97. The van der Waals surface area contributed by atoms with Crippen molar-refractivity contribution in [1.29, 1.82) is 0 Å². The fourth-order valence-corrected chi connectivity index (χ4v) is 1.88. The second kappa shape index (κ2) is 4.76. The van der Waals surface area contributed by atoms with Crippen molar-refractivity contribution in [2.75, 3.05) is 0 Å². The molecule has 1 atom stereocenters. The van der Waals surface area contributed by atoms with Crippen molar-refractivity contribution in [3.05, 3.63) is 0 Å². The van der Waals surface area contributed by atoms with E-state index in [4.69, 9.17) is 0 Å². The predicted molar refractivity (Wildman–Crippen MR) is 49.6 cm³/mol. The molecule has 0 aliphatic rings. The molecule has 0 aliphatic carbocycles. The van der Waals surface area contributed by atoms with Crippen LogP contribution in [0.2, 0.25) is 0 Å². The van der Waals surface area contributed by atoms with Crippen LogP contribution in [0.1, 0.15) is 53.4 Å². The van der Waals surface area contributed by atoms with Crippen LogP contribution in [-0.2, 0) is 0 Å². The van der Waals surface area contributed by atoms with Crippen LogP contribution >= 0.6 is 0 Å². The average molecular weight is 158 g/mol. The zero-order chi connectivity index (χ0) is 8.91. The average Bonchev–Trinajstić information content (AvgIpc) is 1.89. The van der Waals surface area contributed by atoms with E-state index in [2.05, 4.69) is 20.8 Å². The maximum absolute atomic E-state index is 9.97. The van der Waals surface area contributed by atoms with Gasteiger partial charge in [0.15, 0.2) is 0 Å². The second-order valence-corrected chi connectivity index (χ2v) is 3.62. The Morgan fingerprint density at radius 3 is 1.91 bits per heavy atom. The van der Waals surface area contributed by atoms with Gasteiger partial charge in [-0.3, -0.25) is 0 Å². The quantitative estimate of drug-likeness (QED) is 0.652. The first-order valence-corrected chi connectivity index (χ1v) is 4.80. The number of rotatable bonds is 5. The van der Waals surface area contributed by atoms with Crippen molar-refractivity contribution in [2.24, 2.45) is 5.92 Å². The molecule has 0 saturated carbocycles. The largest absolute Gasteiger partial charge is 0.390 e. The summed E-state index contributed by atoms with van der Waals surface area (Å²) >= 11 is 0. The third-order valence-corrected chi connectivity index (χ3v) is 2.62. The van der Waals surface area contributed by atoms with Crippen molar-refractivity contribution < 1.29 is 5.11 Å². The molecule has 0 radical (unpaired) electrons. The summed E-state index contributed by atoms with van der Waals surface area (Å²) in [6.45, 7) is 8.39. The van der Waals surface area contributed by atoms with E-state index in [1.807, 2.05) is 6.92 Å². The van der Waals surface area contributed by atoms with Crippen molar-refractivity contribution in [2.45, 2.75) is 59.0 Å². The lowest BCUT2D eigenvalue weighted by Gasteiger charge is -2.31. The molecule has 68 valence electrons. The van der Waals surface area contributed by atoms with Gasteiger partial charge in [0.2, 0.25) is 0 Å². The molecule has 0 amide bonds. The van der Waals surface area contributed by atoms with Crippen LogP contribution in [0.3, 0.4) is 0 Å². The summed E-state index contributed by atoms with van der Waals surface area (Å²) < 4.78 is 0. The van der Waals surface area contributed by atoms with Gasteiger partial charge in [0.25, 0.3) is 0 Å². The minimum absolute atomic E-state index is 0.432. The van der Waals surface area contributed by atoms with E-state index in [0.29, 0.717) is 5.92 Å². The Balaban J connectivity index is 4.00. The van der Waals surface area contributed by atoms with E-state index in [-0.39, 0.29) is 0 Å². The van der Waals surface area contributed by atoms with E-state index in [1.54, 1.807) is 0 Å². The van der Waals surface area contributed by atoms with Gasteiger partial charge in [-0.15, -0.1) is 0 Å². The highest BCUT2D eigenvalue weighted by atomic mass is 16.3. The lowest BCUT2D eigenvalue weighted by atomic mass is 9.82. The lowest BCUT2D eigenvalue weighted by molar-refractivity contribution is -0.0127. The molecule has 0 aliphatic heterocycles. The Morgan fingerprint density at radius 2 is 1.64 bits per heavy atom. The van der Waals surface area contributed by atoms with Crippen molar-refractivity contribution in [3.63, 3.8) is 0 Å². The molecule has 11 heavy (non-hydrogen) atoms. The highest BCUT2D eigenvalue weighted by Gasteiger charge is 2.27. The summed E-state index contributed by atoms with van der Waals surface area (Å²) in [5.41, 5.74) is -0.432. The number of hydrogen-bond donors (Lipinski definition) is 1. The third-order valence-electron chi connectivity index (χ3n) is 2.62. The number of hydrogen-bond acceptors (Lipinski definition) is 1. The summed E-state index contributed by atoms with van der Waals surface area (Å²) in [6.07, 6.45) is 4.18. The van der Waals surface area contributed by atoms with E-state index < -0.39 is 5.60 Å². The van der Waals surface area contributed by atoms with Gasteiger partial charge >= 0.3 is 0 Å². The smallest absolute Gasteiger partial charge is 0.0647 e. The Hall–Kier alpha value is -0.0400. The van der Waals surface area contributed by atoms with Gasteiger partial charge in [0.05, 0.1) is 5.60 Å². The fraction of sp³-hybridized carbons (Fsp3) is 1.00. The van der Waals surface area contributed by atoms with Crippen LogP contribution in [0.5, 0.6) is 0 Å². The lowest BCUT2D eigenvalue weighted by Crippen LogP contribution is -2.33. The molecule has 0 fully saturated rings. The molecule has 1 heteroatoms. The van der Waals surface area contributed by atoms with Crippen molar-refractivity contribution >= 4 is 0 Å². The monoisotopic (exact) mass is 158 g/mol. The first-order valence-electron chi connectivity index (χ1n) is 4.80. The van der Waals surface area contributed by atoms with Gasteiger partial charge < -0.3 is 5.11 Å². The summed E-state index contributed by atoms with van der Waals surface area (Å²) in [5, 5.41) is 9.97. The Labute approximate surface area is 70.8 Å². The Kier molecular flexibility index (Phi) is 4.74. The van der Waals surface area contributed by atoms with Crippen molar-refractivity contribution in [3.8, 4) is 0 Å². The summed E-state index contributed by atoms with van der Waals surface area (Å²) in [7, 11) is 0. The van der Waals surface area contributed by atoms with E-state index in [9.17, 15) is 5.11 Å². The SMILES string of the molecule is CCCC(C)(O)C(CC)CC. The highest BCUT2D eigenvalue weighted by molar-refractivity contribution is 4.79. The van der Waals surface area contributed by atoms with Gasteiger partial charge in [0.1, 0.15) is 0 Å². The minimum atomic E-state index is -0.432. The topological polar surface area (TPSA) is 20.2 Å². The maximum Gasteiger partial charge on any atom is 0.0647 e. The van der Waals surface area contributed by atoms with E-state index >= 15 is 0 Å². The molecule has 0 spiro atoms. The van der Waals surface area contributed by atoms with Gasteiger partial charge in [0, 0.05) is 0 Å². The molecule has 0 aromatic rings. The Bertz CT molecular complexity index is 93.0. The zero-order valence-electron chi connectivity index (χ0n) is 8.35. The van der Waals surface area contributed by atoms with E-state index in [1.165, 1.54) is 0 Å². The van der Waals surface area contributed by atoms with Gasteiger partial charge in [-0.2, -0.15) is 0 Å². The molecule has 1 unspecified atom stereocenters. The Morgan fingerprint density at radius 1 is 1.18 bits per heavy atom. The summed E-state index contributed by atoms with van der Waals surface area (Å²) in [4.78, 5) is 0. The van der Waals surface area contributed by atoms with Gasteiger partial charge in [-0.05, 0) is 19.3 Å². The van der Waals surface area contributed by atoms with Crippen molar-refractivity contribution in [1.82, 2.24) is 0 Å². The summed E-state index contributed by atoms with van der Waals surface area (Å²) in [5.74, 6) is 0.474. The summed E-state index contributed by atoms with van der Waals surface area (Å²) in [6, 6.07) is 0. The van der Waals surface area contributed by atoms with Crippen LogP contribution in [0, 0.1) is 5.92 Å².